The van der Waals surface area contributed by atoms with Gasteiger partial charge < -0.3 is 16.2 Å². The molecule has 100 valence electrons. The van der Waals surface area contributed by atoms with E-state index >= 15 is 0 Å². The molecule has 0 aromatic heterocycles. The van der Waals surface area contributed by atoms with Crippen molar-refractivity contribution >= 4 is 0 Å². The van der Waals surface area contributed by atoms with Crippen molar-refractivity contribution in [3.8, 4) is 5.75 Å². The lowest BCUT2D eigenvalue weighted by molar-refractivity contribution is 0.414. The zero-order valence-electron chi connectivity index (χ0n) is 11.3. The third-order valence-corrected chi connectivity index (χ3v) is 3.35. The van der Waals surface area contributed by atoms with E-state index in [1.165, 1.54) is 5.56 Å². The molecule has 0 amide bonds. The largest absolute Gasteiger partial charge is 0.497 e. The molecule has 2 rings (SSSR count). The van der Waals surface area contributed by atoms with Crippen LogP contribution in [0.5, 0.6) is 5.75 Å². The number of ether oxygens (including phenoxy) is 1. The highest BCUT2D eigenvalue weighted by atomic mass is 16.5. The zero-order valence-corrected chi connectivity index (χ0v) is 11.3. The normalized spacial score (nSPS) is 13.9. The first-order valence-electron chi connectivity index (χ1n) is 6.33. The molecule has 0 aliphatic rings. The molecule has 0 bridgehead atoms. The number of aryl methyl sites for hydroxylation is 1. The summed E-state index contributed by atoms with van der Waals surface area (Å²) in [6, 6.07) is 15.4. The van der Waals surface area contributed by atoms with Crippen LogP contribution in [-0.2, 0) is 0 Å². The van der Waals surface area contributed by atoms with Crippen LogP contribution in [0.3, 0.4) is 0 Å². The van der Waals surface area contributed by atoms with E-state index in [1.54, 1.807) is 7.11 Å². The van der Waals surface area contributed by atoms with Gasteiger partial charge in [0.05, 0.1) is 7.11 Å². The fourth-order valence-electron chi connectivity index (χ4n) is 2.03. The number of benzene rings is 2. The Hall–Kier alpha value is -1.84. The van der Waals surface area contributed by atoms with E-state index in [2.05, 4.69) is 19.1 Å². The van der Waals surface area contributed by atoms with Gasteiger partial charge in [-0.15, -0.1) is 0 Å². The van der Waals surface area contributed by atoms with Gasteiger partial charge in [0.15, 0.2) is 0 Å². The molecule has 3 nitrogen and oxygen atoms in total. The molecule has 0 spiro atoms. The van der Waals surface area contributed by atoms with Crippen LogP contribution in [-0.4, -0.2) is 7.11 Å². The Morgan fingerprint density at radius 3 is 1.63 bits per heavy atom. The van der Waals surface area contributed by atoms with Crippen LogP contribution in [0.1, 0.15) is 28.8 Å². The Labute approximate surface area is 114 Å². The molecule has 0 aliphatic carbocycles. The summed E-state index contributed by atoms with van der Waals surface area (Å²) in [6.45, 7) is 2.05. The Morgan fingerprint density at radius 1 is 0.789 bits per heavy atom. The van der Waals surface area contributed by atoms with Crippen LogP contribution >= 0.6 is 0 Å². The van der Waals surface area contributed by atoms with E-state index in [1.807, 2.05) is 36.4 Å². The molecule has 0 heterocycles. The first kappa shape index (κ1) is 13.6. The van der Waals surface area contributed by atoms with Crippen molar-refractivity contribution in [3.05, 3.63) is 65.2 Å². The number of rotatable bonds is 4. The van der Waals surface area contributed by atoms with Crippen LogP contribution in [0.25, 0.3) is 0 Å². The third kappa shape index (κ3) is 3.13. The predicted octanol–water partition coefficient (Wildman–Crippen LogP) is 2.70. The third-order valence-electron chi connectivity index (χ3n) is 3.35. The van der Waals surface area contributed by atoms with E-state index < -0.39 is 0 Å². The van der Waals surface area contributed by atoms with Crippen LogP contribution < -0.4 is 16.2 Å². The van der Waals surface area contributed by atoms with Crippen molar-refractivity contribution in [3.63, 3.8) is 0 Å². The maximum atomic E-state index is 6.23. The summed E-state index contributed by atoms with van der Waals surface area (Å²) in [4.78, 5) is 0. The molecule has 0 unspecified atom stereocenters. The lowest BCUT2D eigenvalue weighted by atomic mass is 9.94. The first-order valence-corrected chi connectivity index (χ1v) is 6.33. The number of hydrogen-bond donors (Lipinski definition) is 2. The molecule has 0 aliphatic heterocycles. The van der Waals surface area contributed by atoms with Crippen molar-refractivity contribution in [2.75, 3.05) is 7.11 Å². The smallest absolute Gasteiger partial charge is 0.118 e. The van der Waals surface area contributed by atoms with Gasteiger partial charge in [0.1, 0.15) is 5.75 Å². The van der Waals surface area contributed by atoms with Gasteiger partial charge in [-0.25, -0.2) is 0 Å². The second-order valence-electron chi connectivity index (χ2n) is 4.74. The van der Waals surface area contributed by atoms with Crippen molar-refractivity contribution in [2.24, 2.45) is 11.5 Å². The molecule has 3 heteroatoms. The van der Waals surface area contributed by atoms with Gasteiger partial charge in [-0.2, -0.15) is 0 Å². The van der Waals surface area contributed by atoms with Crippen LogP contribution in [0.15, 0.2) is 48.5 Å². The van der Waals surface area contributed by atoms with Crippen molar-refractivity contribution in [2.45, 2.75) is 19.0 Å². The fourth-order valence-corrected chi connectivity index (χ4v) is 2.03. The quantitative estimate of drug-likeness (QED) is 0.884. The Balaban J connectivity index is 2.17. The number of nitrogens with two attached hydrogens (primary N) is 2. The Bertz CT molecular complexity index is 519. The molecule has 0 fully saturated rings. The molecule has 0 saturated carbocycles. The lowest BCUT2D eigenvalue weighted by Crippen LogP contribution is -2.26. The van der Waals surface area contributed by atoms with Gasteiger partial charge in [0.25, 0.3) is 0 Å². The summed E-state index contributed by atoms with van der Waals surface area (Å²) < 4.78 is 5.14. The van der Waals surface area contributed by atoms with Gasteiger partial charge in [0, 0.05) is 12.1 Å². The standard InChI is InChI=1S/C16H20N2O/c1-11-3-5-12(6-4-11)15(17)16(18)13-7-9-14(19-2)10-8-13/h3-10,15-16H,17-18H2,1-2H3/t15-,16-/m0/s1. The van der Waals surface area contributed by atoms with E-state index in [-0.39, 0.29) is 12.1 Å². The van der Waals surface area contributed by atoms with E-state index in [0.717, 1.165) is 16.9 Å². The van der Waals surface area contributed by atoms with Gasteiger partial charge in [-0.05, 0) is 30.2 Å². The molecular formula is C16H20N2O. The summed E-state index contributed by atoms with van der Waals surface area (Å²) in [5, 5.41) is 0. The predicted molar refractivity (Wildman–Crippen MR) is 78.0 cm³/mol. The topological polar surface area (TPSA) is 61.3 Å². The Morgan fingerprint density at radius 2 is 1.21 bits per heavy atom. The SMILES string of the molecule is COc1ccc([C@H](N)[C@@H](N)c2ccc(C)cc2)cc1. The summed E-state index contributed by atoms with van der Waals surface area (Å²) in [7, 11) is 1.65. The van der Waals surface area contributed by atoms with Crippen molar-refractivity contribution in [1.29, 1.82) is 0 Å². The maximum Gasteiger partial charge on any atom is 0.118 e. The average Bonchev–Trinajstić information content (AvgIpc) is 2.46. The minimum absolute atomic E-state index is 0.214. The molecule has 2 aromatic rings. The summed E-state index contributed by atoms with van der Waals surface area (Å²) in [5.74, 6) is 0.819. The minimum Gasteiger partial charge on any atom is -0.497 e. The van der Waals surface area contributed by atoms with Crippen LogP contribution in [0.4, 0.5) is 0 Å². The van der Waals surface area contributed by atoms with Gasteiger partial charge in [-0.1, -0.05) is 42.0 Å². The second-order valence-corrected chi connectivity index (χ2v) is 4.74. The number of hydrogen-bond acceptors (Lipinski definition) is 3. The minimum atomic E-state index is -0.228. The first-order chi connectivity index (χ1) is 9.11. The fraction of sp³-hybridized carbons (Fsp3) is 0.250. The Kier molecular flexibility index (Phi) is 4.20. The highest BCUT2D eigenvalue weighted by Gasteiger charge is 2.17. The summed E-state index contributed by atoms with van der Waals surface area (Å²) in [6.07, 6.45) is 0. The van der Waals surface area contributed by atoms with E-state index in [4.69, 9.17) is 16.2 Å². The van der Waals surface area contributed by atoms with Gasteiger partial charge >= 0.3 is 0 Å². The molecule has 0 radical (unpaired) electrons. The highest BCUT2D eigenvalue weighted by Crippen LogP contribution is 2.26. The highest BCUT2D eigenvalue weighted by molar-refractivity contribution is 5.32. The van der Waals surface area contributed by atoms with Crippen molar-refractivity contribution < 1.29 is 4.74 Å². The number of methoxy groups -OCH3 is 1. The second kappa shape index (κ2) is 5.87. The van der Waals surface area contributed by atoms with Crippen LogP contribution in [0.2, 0.25) is 0 Å². The lowest BCUT2D eigenvalue weighted by Gasteiger charge is -2.21. The molecule has 2 atom stereocenters. The molecule has 19 heavy (non-hydrogen) atoms. The van der Waals surface area contributed by atoms with Crippen LogP contribution in [0, 0.1) is 6.92 Å². The molecular weight excluding hydrogens is 236 g/mol. The monoisotopic (exact) mass is 256 g/mol. The van der Waals surface area contributed by atoms with E-state index in [0.29, 0.717) is 0 Å². The zero-order chi connectivity index (χ0) is 13.8. The average molecular weight is 256 g/mol. The summed E-state index contributed by atoms with van der Waals surface area (Å²) >= 11 is 0. The van der Waals surface area contributed by atoms with Gasteiger partial charge in [0.2, 0.25) is 0 Å². The molecule has 0 saturated heterocycles. The molecule has 2 aromatic carbocycles. The summed E-state index contributed by atoms with van der Waals surface area (Å²) in [5.41, 5.74) is 15.7. The van der Waals surface area contributed by atoms with Crippen molar-refractivity contribution in [1.82, 2.24) is 0 Å². The van der Waals surface area contributed by atoms with Gasteiger partial charge in [-0.3, -0.25) is 0 Å². The maximum absolute atomic E-state index is 6.23. The van der Waals surface area contributed by atoms with E-state index in [9.17, 15) is 0 Å². The molecule has 4 N–H and O–H groups in total.